The normalized spacial score (nSPS) is 12.4. The summed E-state index contributed by atoms with van der Waals surface area (Å²) < 4.78 is 19.6. The lowest BCUT2D eigenvalue weighted by atomic mass is 10.1. The zero-order valence-electron chi connectivity index (χ0n) is 37.0. The first-order valence-corrected chi connectivity index (χ1v) is 24.1. The van der Waals surface area contributed by atoms with Crippen molar-refractivity contribution in [2.75, 3.05) is 19.8 Å². The van der Waals surface area contributed by atoms with Gasteiger partial charge in [0.15, 0.2) is 11.5 Å². The molecule has 0 saturated carbocycles. The Kier molecular flexibility index (Phi) is 27.1. The van der Waals surface area contributed by atoms with E-state index >= 15 is 0 Å². The molecule has 1 aliphatic rings. The predicted molar refractivity (Wildman–Crippen MR) is 239 cm³/mol. The van der Waals surface area contributed by atoms with Crippen LogP contribution in [0.4, 0.5) is 0 Å². The molecular weight excluding hydrogens is 707 g/mol. The molecule has 6 nitrogen and oxygen atoms in total. The quantitative estimate of drug-likeness (QED) is 0.0501. The molecule has 57 heavy (non-hydrogen) atoms. The van der Waals surface area contributed by atoms with Crippen LogP contribution in [-0.4, -0.2) is 36.5 Å². The molecular formula is C51H83NO5. The second kappa shape index (κ2) is 31.9. The van der Waals surface area contributed by atoms with E-state index in [4.69, 9.17) is 14.2 Å². The van der Waals surface area contributed by atoms with E-state index in [1.165, 1.54) is 159 Å². The Balaban J connectivity index is 1.64. The molecule has 0 fully saturated rings. The van der Waals surface area contributed by atoms with Crippen LogP contribution in [0, 0.1) is 0 Å². The molecule has 0 bridgehead atoms. The molecule has 0 saturated heterocycles. The van der Waals surface area contributed by atoms with Crippen LogP contribution in [0.1, 0.15) is 240 Å². The number of nitrogens with zero attached hydrogens (tertiary/aromatic N) is 1. The molecule has 0 radical (unpaired) electrons. The molecule has 0 unspecified atom stereocenters. The van der Waals surface area contributed by atoms with Crippen LogP contribution in [-0.2, 0) is 6.54 Å². The molecule has 2 amide bonds. The monoisotopic (exact) mass is 790 g/mol. The maximum absolute atomic E-state index is 13.4. The second-order valence-electron chi connectivity index (χ2n) is 16.8. The van der Waals surface area contributed by atoms with Gasteiger partial charge in [-0.05, 0) is 49.1 Å². The molecule has 3 rings (SSSR count). The summed E-state index contributed by atoms with van der Waals surface area (Å²) in [4.78, 5) is 28.1. The van der Waals surface area contributed by atoms with Crippen molar-refractivity contribution in [1.82, 2.24) is 4.90 Å². The lowest BCUT2D eigenvalue weighted by Crippen LogP contribution is -2.29. The molecule has 1 aliphatic heterocycles. The summed E-state index contributed by atoms with van der Waals surface area (Å²) in [5, 5.41) is 0. The maximum Gasteiger partial charge on any atom is 0.261 e. The average molecular weight is 790 g/mol. The Labute approximate surface area is 349 Å². The third kappa shape index (κ3) is 20.0. The fourth-order valence-electron chi connectivity index (χ4n) is 7.95. The van der Waals surface area contributed by atoms with E-state index in [-0.39, 0.29) is 18.4 Å². The Bertz CT molecular complexity index is 1260. The fourth-order valence-corrected chi connectivity index (χ4v) is 7.95. The Morgan fingerprint density at radius 1 is 0.404 bits per heavy atom. The lowest BCUT2D eigenvalue weighted by Gasteiger charge is -2.21. The number of hydrogen-bond acceptors (Lipinski definition) is 5. The van der Waals surface area contributed by atoms with Crippen LogP contribution in [0.5, 0.6) is 17.2 Å². The molecule has 2 aromatic rings. The van der Waals surface area contributed by atoms with E-state index < -0.39 is 0 Å². The van der Waals surface area contributed by atoms with E-state index in [1.807, 2.05) is 24.3 Å². The molecule has 0 N–H and O–H groups in total. The van der Waals surface area contributed by atoms with Gasteiger partial charge in [-0.1, -0.05) is 206 Å². The summed E-state index contributed by atoms with van der Waals surface area (Å²) in [5.41, 5.74) is 1.74. The molecule has 1 heterocycles. The third-order valence-electron chi connectivity index (χ3n) is 11.6. The van der Waals surface area contributed by atoms with Crippen molar-refractivity contribution < 1.29 is 23.8 Å². The number of imide groups is 1. The minimum atomic E-state index is -0.252. The van der Waals surface area contributed by atoms with Gasteiger partial charge in [0.2, 0.25) is 5.75 Å². The van der Waals surface area contributed by atoms with Gasteiger partial charge in [0.1, 0.15) is 0 Å². The smallest absolute Gasteiger partial charge is 0.261 e. The van der Waals surface area contributed by atoms with Crippen molar-refractivity contribution >= 4 is 11.8 Å². The molecule has 0 aliphatic carbocycles. The van der Waals surface area contributed by atoms with Gasteiger partial charge < -0.3 is 14.2 Å². The third-order valence-corrected chi connectivity index (χ3v) is 11.6. The Morgan fingerprint density at radius 3 is 1.04 bits per heavy atom. The van der Waals surface area contributed by atoms with E-state index in [0.717, 1.165) is 44.1 Å². The second-order valence-corrected chi connectivity index (χ2v) is 16.8. The number of amides is 2. The zero-order chi connectivity index (χ0) is 40.6. The number of hydrogen-bond donors (Lipinski definition) is 0. The number of carbonyl (C=O) groups is 2. The van der Waals surface area contributed by atoms with Crippen molar-refractivity contribution in [3.63, 3.8) is 0 Å². The van der Waals surface area contributed by atoms with Crippen LogP contribution < -0.4 is 14.2 Å². The van der Waals surface area contributed by atoms with Crippen LogP contribution in [0.15, 0.2) is 36.4 Å². The van der Waals surface area contributed by atoms with Crippen molar-refractivity contribution in [2.45, 2.75) is 220 Å². The minimum Gasteiger partial charge on any atom is -0.490 e. The first-order chi connectivity index (χ1) is 28.1. The lowest BCUT2D eigenvalue weighted by molar-refractivity contribution is 0.0641. The maximum atomic E-state index is 13.4. The van der Waals surface area contributed by atoms with Gasteiger partial charge in [0.05, 0.1) is 37.5 Å². The van der Waals surface area contributed by atoms with Crippen molar-refractivity contribution in [3.8, 4) is 17.2 Å². The molecule has 0 spiro atoms. The predicted octanol–water partition coefficient (Wildman–Crippen LogP) is 15.4. The Hall–Kier alpha value is -3.02. The van der Waals surface area contributed by atoms with Crippen molar-refractivity contribution in [2.24, 2.45) is 0 Å². The Morgan fingerprint density at radius 2 is 0.702 bits per heavy atom. The largest absolute Gasteiger partial charge is 0.490 e. The minimum absolute atomic E-state index is 0.161. The summed E-state index contributed by atoms with van der Waals surface area (Å²) in [5.74, 6) is 1.47. The highest BCUT2D eigenvalue weighted by molar-refractivity contribution is 6.21. The highest BCUT2D eigenvalue weighted by Gasteiger charge is 2.35. The number of rotatable bonds is 38. The van der Waals surface area contributed by atoms with Crippen LogP contribution in [0.25, 0.3) is 0 Å². The van der Waals surface area contributed by atoms with E-state index in [9.17, 15) is 9.59 Å². The van der Waals surface area contributed by atoms with Gasteiger partial charge in [-0.3, -0.25) is 14.5 Å². The summed E-state index contributed by atoms with van der Waals surface area (Å²) in [6.45, 7) is 8.78. The van der Waals surface area contributed by atoms with Crippen LogP contribution in [0.3, 0.4) is 0 Å². The van der Waals surface area contributed by atoms with Crippen molar-refractivity contribution in [3.05, 3.63) is 53.1 Å². The summed E-state index contributed by atoms with van der Waals surface area (Å²) in [7, 11) is 0. The van der Waals surface area contributed by atoms with E-state index in [2.05, 4.69) is 20.8 Å². The molecule has 0 atom stereocenters. The van der Waals surface area contributed by atoms with Gasteiger partial charge in [-0.2, -0.15) is 0 Å². The molecule has 6 heteroatoms. The van der Waals surface area contributed by atoms with Gasteiger partial charge in [0, 0.05) is 0 Å². The highest BCUT2D eigenvalue weighted by Crippen LogP contribution is 2.40. The average Bonchev–Trinajstić information content (AvgIpc) is 3.46. The van der Waals surface area contributed by atoms with Gasteiger partial charge >= 0.3 is 0 Å². The summed E-state index contributed by atoms with van der Waals surface area (Å²) in [6.07, 6.45) is 38.1. The van der Waals surface area contributed by atoms with Crippen LogP contribution in [0.2, 0.25) is 0 Å². The number of carbonyl (C=O) groups excluding carboxylic acids is 2. The van der Waals surface area contributed by atoms with Crippen molar-refractivity contribution in [1.29, 1.82) is 0 Å². The van der Waals surface area contributed by atoms with E-state index in [0.29, 0.717) is 48.2 Å². The standard InChI is InChI=1S/C51H83NO5/c1-4-7-10-13-16-19-22-25-28-33-38-55-47-41-44(43-52-50(53)45-36-31-32-37-46(45)51(52)54)42-48(56-39-34-29-26-23-20-17-14-11-8-5-2)49(47)57-40-35-30-27-24-21-18-15-12-9-6-3/h31-32,36-37,41-42H,4-30,33-35,38-40,43H2,1-3H3. The topological polar surface area (TPSA) is 65.1 Å². The summed E-state index contributed by atoms with van der Waals surface area (Å²) >= 11 is 0. The SMILES string of the molecule is CCCCCCCCCCCCOc1cc(CN2C(=O)c3ccccc3C2=O)cc(OCCCCCCCCCCCC)c1OCCCCCCCCCCCC. The number of benzene rings is 2. The first-order valence-electron chi connectivity index (χ1n) is 24.1. The number of unbranched alkanes of at least 4 members (excludes halogenated alkanes) is 27. The van der Waals surface area contributed by atoms with Gasteiger partial charge in [-0.25, -0.2) is 0 Å². The number of ether oxygens (including phenoxy) is 3. The fraction of sp³-hybridized carbons (Fsp3) is 0.725. The van der Waals surface area contributed by atoms with Gasteiger partial charge in [0.25, 0.3) is 11.8 Å². The summed E-state index contributed by atoms with van der Waals surface area (Å²) in [6, 6.07) is 11.0. The van der Waals surface area contributed by atoms with E-state index in [1.54, 1.807) is 12.1 Å². The molecule has 0 aromatic heterocycles. The zero-order valence-corrected chi connectivity index (χ0v) is 37.0. The molecule has 2 aromatic carbocycles. The molecule has 322 valence electrons. The first kappa shape index (κ1) is 48.3. The van der Waals surface area contributed by atoms with Gasteiger partial charge in [-0.15, -0.1) is 0 Å². The highest BCUT2D eigenvalue weighted by atomic mass is 16.5. The number of fused-ring (bicyclic) bond motifs is 1. The van der Waals surface area contributed by atoms with Crippen LogP contribution >= 0.6 is 0 Å².